The fourth-order valence-electron chi connectivity index (χ4n) is 1.12. The highest BCUT2D eigenvalue weighted by Crippen LogP contribution is 2.19. The molecular formula is C10H16O. The number of hydrogen-bond donors (Lipinski definition) is 0. The average molecular weight is 152 g/mol. The molecule has 1 rings (SSSR count). The molecule has 0 N–H and O–H groups in total. The van der Waals surface area contributed by atoms with Crippen molar-refractivity contribution in [3.05, 3.63) is 23.5 Å². The standard InChI is InChI=1S/C10H16O/c1-8(2)11-10-6-4-9(3)5-7-10/h4,6,8H,5,7H2,1-3H3. The Morgan fingerprint density at radius 1 is 1.27 bits per heavy atom. The molecule has 0 aliphatic heterocycles. The summed E-state index contributed by atoms with van der Waals surface area (Å²) < 4.78 is 5.56. The van der Waals surface area contributed by atoms with E-state index in [1.54, 1.807) is 0 Å². The lowest BCUT2D eigenvalue weighted by Gasteiger charge is -2.16. The van der Waals surface area contributed by atoms with Crippen LogP contribution in [0.3, 0.4) is 0 Å². The Kier molecular flexibility index (Phi) is 2.75. The van der Waals surface area contributed by atoms with Crippen molar-refractivity contribution in [3.8, 4) is 0 Å². The van der Waals surface area contributed by atoms with Gasteiger partial charge in [0.25, 0.3) is 0 Å². The number of allylic oxidation sites excluding steroid dienone is 4. The van der Waals surface area contributed by atoms with Gasteiger partial charge in [-0.3, -0.25) is 0 Å². The molecule has 1 aliphatic carbocycles. The van der Waals surface area contributed by atoms with Gasteiger partial charge in [-0.05, 0) is 33.3 Å². The molecule has 0 heterocycles. The Morgan fingerprint density at radius 2 is 2.00 bits per heavy atom. The van der Waals surface area contributed by atoms with Crippen LogP contribution >= 0.6 is 0 Å². The first-order valence-electron chi connectivity index (χ1n) is 4.21. The monoisotopic (exact) mass is 152 g/mol. The minimum atomic E-state index is 0.313. The van der Waals surface area contributed by atoms with Crippen LogP contribution in [0, 0.1) is 0 Å². The minimum absolute atomic E-state index is 0.313. The van der Waals surface area contributed by atoms with Crippen LogP contribution in [0.15, 0.2) is 23.5 Å². The molecule has 0 aromatic carbocycles. The second-order valence-corrected chi connectivity index (χ2v) is 3.31. The summed E-state index contributed by atoms with van der Waals surface area (Å²) in [5, 5.41) is 0. The van der Waals surface area contributed by atoms with Crippen molar-refractivity contribution in [2.75, 3.05) is 0 Å². The Labute approximate surface area is 68.8 Å². The third-order valence-electron chi connectivity index (χ3n) is 1.71. The van der Waals surface area contributed by atoms with Gasteiger partial charge in [0.05, 0.1) is 11.9 Å². The Morgan fingerprint density at radius 3 is 2.45 bits per heavy atom. The van der Waals surface area contributed by atoms with Crippen LogP contribution < -0.4 is 0 Å². The molecule has 0 fully saturated rings. The first-order valence-corrected chi connectivity index (χ1v) is 4.21. The van der Waals surface area contributed by atoms with Crippen molar-refractivity contribution in [3.63, 3.8) is 0 Å². The second-order valence-electron chi connectivity index (χ2n) is 3.31. The zero-order chi connectivity index (χ0) is 8.27. The van der Waals surface area contributed by atoms with E-state index in [2.05, 4.69) is 32.9 Å². The highest BCUT2D eigenvalue weighted by molar-refractivity contribution is 5.19. The predicted octanol–water partition coefficient (Wildman–Crippen LogP) is 3.04. The predicted molar refractivity (Wildman–Crippen MR) is 47.3 cm³/mol. The van der Waals surface area contributed by atoms with Crippen LogP contribution in [0.4, 0.5) is 0 Å². The third kappa shape index (κ3) is 2.79. The van der Waals surface area contributed by atoms with Crippen LogP contribution in [0.1, 0.15) is 33.6 Å². The lowest BCUT2D eigenvalue weighted by molar-refractivity contribution is 0.139. The first-order chi connectivity index (χ1) is 5.18. The average Bonchev–Trinajstić information content (AvgIpc) is 1.93. The fourth-order valence-corrected chi connectivity index (χ4v) is 1.12. The molecule has 0 radical (unpaired) electrons. The molecule has 0 aromatic rings. The first kappa shape index (κ1) is 8.38. The van der Waals surface area contributed by atoms with Gasteiger partial charge in [0.2, 0.25) is 0 Å². The van der Waals surface area contributed by atoms with Gasteiger partial charge in [-0.2, -0.15) is 0 Å². The van der Waals surface area contributed by atoms with Gasteiger partial charge in [0, 0.05) is 6.42 Å². The molecule has 0 saturated carbocycles. The largest absolute Gasteiger partial charge is 0.495 e. The van der Waals surface area contributed by atoms with Crippen molar-refractivity contribution in [1.82, 2.24) is 0 Å². The Bertz CT molecular complexity index is 187. The molecule has 11 heavy (non-hydrogen) atoms. The summed E-state index contributed by atoms with van der Waals surface area (Å²) in [6.45, 7) is 6.28. The molecule has 0 saturated heterocycles. The highest BCUT2D eigenvalue weighted by Gasteiger charge is 2.04. The van der Waals surface area contributed by atoms with Gasteiger partial charge in [0.1, 0.15) is 0 Å². The molecule has 0 spiro atoms. The van der Waals surface area contributed by atoms with E-state index in [1.165, 1.54) is 5.57 Å². The summed E-state index contributed by atoms with van der Waals surface area (Å²) >= 11 is 0. The van der Waals surface area contributed by atoms with E-state index in [0.717, 1.165) is 18.6 Å². The molecule has 62 valence electrons. The molecular weight excluding hydrogens is 136 g/mol. The topological polar surface area (TPSA) is 9.23 Å². The number of hydrogen-bond acceptors (Lipinski definition) is 1. The second kappa shape index (κ2) is 3.61. The van der Waals surface area contributed by atoms with Gasteiger partial charge in [-0.1, -0.05) is 11.6 Å². The molecule has 0 amide bonds. The summed E-state index contributed by atoms with van der Waals surface area (Å²) in [6, 6.07) is 0. The maximum atomic E-state index is 5.56. The number of rotatable bonds is 2. The summed E-state index contributed by atoms with van der Waals surface area (Å²) in [7, 11) is 0. The quantitative estimate of drug-likeness (QED) is 0.591. The zero-order valence-electron chi connectivity index (χ0n) is 7.55. The number of ether oxygens (including phenoxy) is 1. The smallest absolute Gasteiger partial charge is 0.0966 e. The highest BCUT2D eigenvalue weighted by atomic mass is 16.5. The minimum Gasteiger partial charge on any atom is -0.495 e. The molecule has 1 aliphatic rings. The summed E-state index contributed by atoms with van der Waals surface area (Å²) in [4.78, 5) is 0. The van der Waals surface area contributed by atoms with E-state index < -0.39 is 0 Å². The maximum Gasteiger partial charge on any atom is 0.0966 e. The van der Waals surface area contributed by atoms with Crippen LogP contribution in [-0.2, 0) is 4.74 Å². The van der Waals surface area contributed by atoms with Crippen molar-refractivity contribution in [2.45, 2.75) is 39.7 Å². The van der Waals surface area contributed by atoms with Gasteiger partial charge >= 0.3 is 0 Å². The van der Waals surface area contributed by atoms with Gasteiger partial charge in [-0.25, -0.2) is 0 Å². The summed E-state index contributed by atoms with van der Waals surface area (Å²) in [5.74, 6) is 1.13. The molecule has 0 unspecified atom stereocenters. The van der Waals surface area contributed by atoms with E-state index in [0.29, 0.717) is 6.10 Å². The molecule has 0 atom stereocenters. The van der Waals surface area contributed by atoms with E-state index in [-0.39, 0.29) is 0 Å². The van der Waals surface area contributed by atoms with E-state index >= 15 is 0 Å². The molecule has 1 nitrogen and oxygen atoms in total. The maximum absolute atomic E-state index is 5.56. The van der Waals surface area contributed by atoms with E-state index in [4.69, 9.17) is 4.74 Å². The van der Waals surface area contributed by atoms with Crippen molar-refractivity contribution in [1.29, 1.82) is 0 Å². The van der Waals surface area contributed by atoms with Crippen molar-refractivity contribution < 1.29 is 4.74 Å². The van der Waals surface area contributed by atoms with Crippen molar-refractivity contribution in [2.24, 2.45) is 0 Å². The molecule has 1 heteroatoms. The van der Waals surface area contributed by atoms with Crippen molar-refractivity contribution >= 4 is 0 Å². The molecule has 0 bridgehead atoms. The van der Waals surface area contributed by atoms with Crippen LogP contribution in [0.25, 0.3) is 0 Å². The van der Waals surface area contributed by atoms with Gasteiger partial charge < -0.3 is 4.74 Å². The van der Waals surface area contributed by atoms with Crippen LogP contribution in [0.2, 0.25) is 0 Å². The zero-order valence-corrected chi connectivity index (χ0v) is 7.55. The summed E-state index contributed by atoms with van der Waals surface area (Å²) in [5.41, 5.74) is 1.45. The normalized spacial score (nSPS) is 17.8. The summed E-state index contributed by atoms with van der Waals surface area (Å²) in [6.07, 6.45) is 6.76. The third-order valence-corrected chi connectivity index (χ3v) is 1.71. The lowest BCUT2D eigenvalue weighted by atomic mass is 10.1. The lowest BCUT2D eigenvalue weighted by Crippen LogP contribution is -2.04. The van der Waals surface area contributed by atoms with E-state index in [1.807, 2.05) is 0 Å². The van der Waals surface area contributed by atoms with Gasteiger partial charge in [0.15, 0.2) is 0 Å². The van der Waals surface area contributed by atoms with E-state index in [9.17, 15) is 0 Å². The van der Waals surface area contributed by atoms with Crippen LogP contribution in [0.5, 0.6) is 0 Å². The van der Waals surface area contributed by atoms with Crippen LogP contribution in [-0.4, -0.2) is 6.10 Å². The Balaban J connectivity index is 2.48. The SMILES string of the molecule is CC1=CC=C(OC(C)C)CC1. The fraction of sp³-hybridized carbons (Fsp3) is 0.600. The van der Waals surface area contributed by atoms with Gasteiger partial charge in [-0.15, -0.1) is 0 Å². The molecule has 0 aromatic heterocycles. The Hall–Kier alpha value is -0.720.